The van der Waals surface area contributed by atoms with E-state index >= 15 is 0 Å². The second kappa shape index (κ2) is 8.67. The minimum Gasteiger partial charge on any atom is -0.378 e. The third-order valence-electron chi connectivity index (χ3n) is 5.05. The molecule has 0 bridgehead atoms. The van der Waals surface area contributed by atoms with Crippen LogP contribution < -0.4 is 5.32 Å². The molecule has 0 aromatic heterocycles. The number of carbonyl (C=O) groups excluding carboxylic acids is 1. The molecule has 1 aliphatic rings. The van der Waals surface area contributed by atoms with Crippen molar-refractivity contribution in [2.45, 2.75) is 43.5 Å². The zero-order valence-electron chi connectivity index (χ0n) is 15.6. The van der Waals surface area contributed by atoms with Crippen LogP contribution in [0.3, 0.4) is 0 Å². The van der Waals surface area contributed by atoms with Crippen LogP contribution in [-0.2, 0) is 10.0 Å². The van der Waals surface area contributed by atoms with Gasteiger partial charge in [0.2, 0.25) is 10.0 Å². The predicted molar refractivity (Wildman–Crippen MR) is 108 cm³/mol. The average molecular weight is 387 g/mol. The van der Waals surface area contributed by atoms with Crippen LogP contribution >= 0.6 is 0 Å². The van der Waals surface area contributed by atoms with Gasteiger partial charge in [-0.1, -0.05) is 43.7 Å². The van der Waals surface area contributed by atoms with Gasteiger partial charge in [-0.2, -0.15) is 4.31 Å². The maximum atomic E-state index is 13.0. The number of anilines is 1. The largest absolute Gasteiger partial charge is 0.378 e. The van der Waals surface area contributed by atoms with E-state index in [1.54, 1.807) is 40.7 Å². The molecule has 1 saturated heterocycles. The molecule has 0 aliphatic carbocycles. The lowest BCUT2D eigenvalue weighted by atomic mass is 10.0. The van der Waals surface area contributed by atoms with Gasteiger partial charge >= 0.3 is 0 Å². The summed E-state index contributed by atoms with van der Waals surface area (Å²) < 4.78 is 27.6. The minimum atomic E-state index is -3.48. The van der Waals surface area contributed by atoms with Crippen molar-refractivity contribution < 1.29 is 13.2 Å². The smallest absolute Gasteiger partial charge is 0.243 e. The first kappa shape index (κ1) is 19.6. The quantitative estimate of drug-likeness (QED) is 0.732. The van der Waals surface area contributed by atoms with Gasteiger partial charge in [-0.15, -0.1) is 0 Å². The molecule has 144 valence electrons. The molecular weight excluding hydrogens is 360 g/mol. The predicted octanol–water partition coefficient (Wildman–Crippen LogP) is 3.93. The van der Waals surface area contributed by atoms with Crippen LogP contribution in [0.4, 0.5) is 5.69 Å². The fraction of sp³-hybridized carbons (Fsp3) is 0.381. The number of carbonyl (C=O) groups is 1. The standard InChI is InChI=1S/C21H26N2O3S/c1-2-19-10-6-7-15-23(19)27(25,26)20-13-11-18(12-14-20)22-16-21(24)17-8-4-3-5-9-17/h3-5,8-9,11-14,19,22H,2,6-7,10,15-16H2,1H3. The Balaban J connectivity index is 1.67. The fourth-order valence-electron chi connectivity index (χ4n) is 3.49. The number of nitrogens with one attached hydrogen (secondary N) is 1. The molecule has 6 heteroatoms. The molecule has 0 saturated carbocycles. The number of nitrogens with zero attached hydrogens (tertiary/aromatic N) is 1. The molecule has 2 aromatic rings. The number of sulfonamides is 1. The molecule has 27 heavy (non-hydrogen) atoms. The summed E-state index contributed by atoms with van der Waals surface area (Å²) in [7, 11) is -3.48. The minimum absolute atomic E-state index is 0.00796. The zero-order valence-corrected chi connectivity index (χ0v) is 16.4. The Hall–Kier alpha value is -2.18. The van der Waals surface area contributed by atoms with Crippen LogP contribution in [0.2, 0.25) is 0 Å². The average Bonchev–Trinajstić information content (AvgIpc) is 2.73. The van der Waals surface area contributed by atoms with Crippen molar-refractivity contribution in [3.05, 3.63) is 60.2 Å². The lowest BCUT2D eigenvalue weighted by Crippen LogP contribution is -2.43. The van der Waals surface area contributed by atoms with E-state index in [9.17, 15) is 13.2 Å². The molecule has 1 aliphatic heterocycles. The summed E-state index contributed by atoms with van der Waals surface area (Å²) in [5.74, 6) is -0.00796. The van der Waals surface area contributed by atoms with Crippen molar-refractivity contribution in [2.24, 2.45) is 0 Å². The van der Waals surface area contributed by atoms with Gasteiger partial charge in [0, 0.05) is 23.8 Å². The van der Waals surface area contributed by atoms with Crippen molar-refractivity contribution in [1.82, 2.24) is 4.31 Å². The van der Waals surface area contributed by atoms with Crippen molar-refractivity contribution in [2.75, 3.05) is 18.4 Å². The second-order valence-corrected chi connectivity index (χ2v) is 8.73. The Bertz CT molecular complexity index is 864. The molecule has 5 nitrogen and oxygen atoms in total. The summed E-state index contributed by atoms with van der Waals surface area (Å²) in [6.07, 6.45) is 3.76. The Morgan fingerprint density at radius 2 is 1.78 bits per heavy atom. The Labute approximate surface area is 161 Å². The highest BCUT2D eigenvalue weighted by molar-refractivity contribution is 7.89. The third-order valence-corrected chi connectivity index (χ3v) is 7.02. The summed E-state index contributed by atoms with van der Waals surface area (Å²) in [5.41, 5.74) is 1.38. The van der Waals surface area contributed by atoms with Gasteiger partial charge in [0.1, 0.15) is 0 Å². The number of Topliss-reactive ketones (excluding diaryl/α,β-unsaturated/α-hetero) is 1. The molecule has 1 atom stereocenters. The normalized spacial score (nSPS) is 18.2. The molecule has 1 unspecified atom stereocenters. The first-order chi connectivity index (χ1) is 13.0. The van der Waals surface area contributed by atoms with Gasteiger partial charge in [0.25, 0.3) is 0 Å². The number of ketones is 1. The molecule has 1 heterocycles. The van der Waals surface area contributed by atoms with Gasteiger partial charge in [0.05, 0.1) is 11.4 Å². The number of hydrogen-bond donors (Lipinski definition) is 1. The molecule has 0 amide bonds. The van der Waals surface area contributed by atoms with Gasteiger partial charge in [-0.3, -0.25) is 4.79 Å². The van der Waals surface area contributed by atoms with Crippen LogP contribution in [0.15, 0.2) is 59.5 Å². The fourth-order valence-corrected chi connectivity index (χ4v) is 5.25. The highest BCUT2D eigenvalue weighted by Crippen LogP contribution is 2.27. The van der Waals surface area contributed by atoms with E-state index in [2.05, 4.69) is 5.32 Å². The maximum Gasteiger partial charge on any atom is 0.243 e. The van der Waals surface area contributed by atoms with E-state index in [4.69, 9.17) is 0 Å². The lowest BCUT2D eigenvalue weighted by Gasteiger charge is -2.34. The van der Waals surface area contributed by atoms with Crippen LogP contribution in [0.25, 0.3) is 0 Å². The highest BCUT2D eigenvalue weighted by Gasteiger charge is 2.32. The summed E-state index contributed by atoms with van der Waals surface area (Å²) in [4.78, 5) is 12.5. The van der Waals surface area contributed by atoms with Crippen LogP contribution in [0.1, 0.15) is 43.0 Å². The molecule has 3 rings (SSSR count). The Morgan fingerprint density at radius 3 is 2.44 bits per heavy atom. The van der Waals surface area contributed by atoms with Crippen molar-refractivity contribution in [1.29, 1.82) is 0 Å². The van der Waals surface area contributed by atoms with E-state index < -0.39 is 10.0 Å². The Morgan fingerprint density at radius 1 is 1.07 bits per heavy atom. The summed E-state index contributed by atoms with van der Waals surface area (Å²) >= 11 is 0. The molecule has 0 spiro atoms. The van der Waals surface area contributed by atoms with E-state index in [1.807, 2.05) is 25.1 Å². The van der Waals surface area contributed by atoms with E-state index in [0.717, 1.165) is 31.4 Å². The van der Waals surface area contributed by atoms with E-state index in [1.165, 1.54) is 0 Å². The third kappa shape index (κ3) is 4.57. The summed E-state index contributed by atoms with van der Waals surface area (Å²) in [6.45, 7) is 2.79. The first-order valence-electron chi connectivity index (χ1n) is 9.46. The number of rotatable bonds is 7. The van der Waals surface area contributed by atoms with Crippen molar-refractivity contribution in [3.8, 4) is 0 Å². The van der Waals surface area contributed by atoms with Crippen LogP contribution in [0.5, 0.6) is 0 Å². The van der Waals surface area contributed by atoms with Crippen LogP contribution in [-0.4, -0.2) is 37.6 Å². The maximum absolute atomic E-state index is 13.0. The summed E-state index contributed by atoms with van der Waals surface area (Å²) in [6, 6.07) is 15.8. The van der Waals surface area contributed by atoms with Gasteiger partial charge in [0.15, 0.2) is 5.78 Å². The topological polar surface area (TPSA) is 66.5 Å². The molecule has 0 radical (unpaired) electrons. The van der Waals surface area contributed by atoms with Gasteiger partial charge < -0.3 is 5.32 Å². The molecule has 2 aromatic carbocycles. The molecule has 1 fully saturated rings. The first-order valence-corrected chi connectivity index (χ1v) is 10.9. The highest BCUT2D eigenvalue weighted by atomic mass is 32.2. The monoisotopic (exact) mass is 386 g/mol. The van der Waals surface area contributed by atoms with E-state index in [0.29, 0.717) is 17.0 Å². The zero-order chi connectivity index (χ0) is 19.3. The van der Waals surface area contributed by atoms with Gasteiger partial charge in [-0.25, -0.2) is 8.42 Å². The second-order valence-electron chi connectivity index (χ2n) is 6.84. The van der Waals surface area contributed by atoms with Gasteiger partial charge in [-0.05, 0) is 43.5 Å². The summed E-state index contributed by atoms with van der Waals surface area (Å²) in [5, 5.41) is 3.06. The lowest BCUT2D eigenvalue weighted by molar-refractivity contribution is 0.101. The Kier molecular flexibility index (Phi) is 6.29. The molecular formula is C21H26N2O3S. The van der Waals surface area contributed by atoms with E-state index in [-0.39, 0.29) is 18.4 Å². The number of hydrogen-bond acceptors (Lipinski definition) is 4. The molecule has 1 N–H and O–H groups in total. The van der Waals surface area contributed by atoms with Crippen LogP contribution in [0, 0.1) is 0 Å². The SMILES string of the molecule is CCC1CCCCN1S(=O)(=O)c1ccc(NCC(=O)c2ccccc2)cc1. The van der Waals surface area contributed by atoms with Crippen molar-refractivity contribution >= 4 is 21.5 Å². The number of piperidine rings is 1. The van der Waals surface area contributed by atoms with Crippen molar-refractivity contribution in [3.63, 3.8) is 0 Å². The number of benzene rings is 2.